The van der Waals surface area contributed by atoms with Gasteiger partial charge in [-0.15, -0.1) is 0 Å². The minimum absolute atomic E-state index is 0.595. The topological polar surface area (TPSA) is 58.1 Å². The monoisotopic (exact) mass is 322 g/mol. The van der Waals surface area contributed by atoms with Gasteiger partial charge in [-0.2, -0.15) is 0 Å². The smallest absolute Gasteiger partial charge is 0.191 e. The molecule has 2 N–H and O–H groups in total. The lowest BCUT2D eigenvalue weighted by molar-refractivity contribution is 0.162. The summed E-state index contributed by atoms with van der Waals surface area (Å²) < 4.78 is 10.7. The number of rotatable bonds is 10. The molecule has 0 aliphatic heterocycles. The Morgan fingerprint density at radius 1 is 1.09 bits per heavy atom. The van der Waals surface area contributed by atoms with Crippen LogP contribution in [0.5, 0.6) is 5.75 Å². The van der Waals surface area contributed by atoms with E-state index in [4.69, 9.17) is 9.47 Å². The molecule has 0 heterocycles. The van der Waals surface area contributed by atoms with E-state index < -0.39 is 0 Å². The van der Waals surface area contributed by atoms with Crippen LogP contribution in [0.15, 0.2) is 29.3 Å². The Hall–Kier alpha value is -1.79. The lowest BCUT2D eigenvalue weighted by Crippen LogP contribution is -2.42. The molecule has 130 valence electrons. The quantitative estimate of drug-likeness (QED) is 0.384. The van der Waals surface area contributed by atoms with Crippen molar-refractivity contribution in [2.75, 3.05) is 60.6 Å². The van der Waals surface area contributed by atoms with E-state index in [0.717, 1.165) is 38.0 Å². The normalized spacial score (nSPS) is 11.6. The second-order valence-electron chi connectivity index (χ2n) is 5.38. The third-order valence-corrected chi connectivity index (χ3v) is 3.37. The molecule has 0 saturated heterocycles. The number of ether oxygens (including phenoxy) is 2. The SMILES string of the molecule is CN=C(NCCOc1ccc(C)cc1)NCCN(C)CCOC. The molecule has 0 radical (unpaired) electrons. The van der Waals surface area contributed by atoms with E-state index >= 15 is 0 Å². The van der Waals surface area contributed by atoms with Crippen molar-refractivity contribution in [3.8, 4) is 5.75 Å². The minimum Gasteiger partial charge on any atom is -0.492 e. The summed E-state index contributed by atoms with van der Waals surface area (Å²) in [5.41, 5.74) is 1.23. The zero-order chi connectivity index (χ0) is 16.9. The standard InChI is InChI=1S/C17H30N4O2/c1-15-5-7-16(8-6-15)23-13-10-20-17(18-2)19-9-11-21(3)12-14-22-4/h5-8H,9-14H2,1-4H3,(H2,18,19,20). The summed E-state index contributed by atoms with van der Waals surface area (Å²) in [5.74, 6) is 1.68. The summed E-state index contributed by atoms with van der Waals surface area (Å²) in [6, 6.07) is 8.06. The van der Waals surface area contributed by atoms with Gasteiger partial charge < -0.3 is 25.0 Å². The van der Waals surface area contributed by atoms with E-state index in [1.807, 2.05) is 24.3 Å². The third-order valence-electron chi connectivity index (χ3n) is 3.37. The molecular weight excluding hydrogens is 292 g/mol. The second kappa shape index (κ2) is 11.7. The number of hydrogen-bond acceptors (Lipinski definition) is 4. The number of likely N-dealkylation sites (N-methyl/N-ethyl adjacent to an activating group) is 1. The van der Waals surface area contributed by atoms with E-state index in [2.05, 4.69) is 34.5 Å². The van der Waals surface area contributed by atoms with Gasteiger partial charge in [0.2, 0.25) is 0 Å². The summed E-state index contributed by atoms with van der Waals surface area (Å²) in [7, 11) is 5.56. The number of nitrogens with one attached hydrogen (secondary N) is 2. The van der Waals surface area contributed by atoms with E-state index in [0.29, 0.717) is 13.2 Å². The third kappa shape index (κ3) is 9.05. The van der Waals surface area contributed by atoms with Gasteiger partial charge in [-0.05, 0) is 26.1 Å². The highest BCUT2D eigenvalue weighted by Gasteiger charge is 2.00. The number of hydrogen-bond donors (Lipinski definition) is 2. The Kier molecular flexibility index (Phi) is 9.83. The Labute approximate surface area is 139 Å². The molecule has 0 saturated carbocycles. The Balaban J connectivity index is 2.13. The van der Waals surface area contributed by atoms with E-state index in [1.54, 1.807) is 14.2 Å². The van der Waals surface area contributed by atoms with Gasteiger partial charge in [0.25, 0.3) is 0 Å². The van der Waals surface area contributed by atoms with Crippen LogP contribution < -0.4 is 15.4 Å². The molecule has 0 aliphatic rings. The fourth-order valence-electron chi connectivity index (χ4n) is 1.92. The lowest BCUT2D eigenvalue weighted by Gasteiger charge is -2.17. The average Bonchev–Trinajstić information content (AvgIpc) is 2.56. The van der Waals surface area contributed by atoms with Gasteiger partial charge in [0, 0.05) is 33.8 Å². The minimum atomic E-state index is 0.595. The molecule has 0 atom stereocenters. The number of aliphatic imine (C=N–C) groups is 1. The maximum Gasteiger partial charge on any atom is 0.191 e. The molecule has 0 spiro atoms. The first-order valence-corrected chi connectivity index (χ1v) is 7.97. The molecule has 0 amide bonds. The summed E-state index contributed by atoms with van der Waals surface area (Å²) in [5, 5.41) is 6.52. The molecule has 23 heavy (non-hydrogen) atoms. The van der Waals surface area contributed by atoms with E-state index in [9.17, 15) is 0 Å². The van der Waals surface area contributed by atoms with Gasteiger partial charge in [-0.3, -0.25) is 4.99 Å². The molecule has 1 aromatic rings. The first-order chi connectivity index (χ1) is 11.2. The van der Waals surface area contributed by atoms with Crippen LogP contribution in [0.2, 0.25) is 0 Å². The predicted octanol–water partition coefficient (Wildman–Crippen LogP) is 1.12. The zero-order valence-electron chi connectivity index (χ0n) is 14.8. The van der Waals surface area contributed by atoms with Crippen LogP contribution in [-0.2, 0) is 4.74 Å². The maximum absolute atomic E-state index is 5.68. The fraction of sp³-hybridized carbons (Fsp3) is 0.588. The van der Waals surface area contributed by atoms with Crippen molar-refractivity contribution < 1.29 is 9.47 Å². The van der Waals surface area contributed by atoms with Crippen LogP contribution in [-0.4, -0.2) is 71.5 Å². The van der Waals surface area contributed by atoms with E-state index in [-0.39, 0.29) is 0 Å². The van der Waals surface area contributed by atoms with Crippen LogP contribution in [0.4, 0.5) is 0 Å². The second-order valence-corrected chi connectivity index (χ2v) is 5.38. The van der Waals surface area contributed by atoms with Gasteiger partial charge in [-0.1, -0.05) is 17.7 Å². The zero-order valence-corrected chi connectivity index (χ0v) is 14.8. The Morgan fingerprint density at radius 2 is 1.78 bits per heavy atom. The van der Waals surface area contributed by atoms with Crippen molar-refractivity contribution in [3.63, 3.8) is 0 Å². The highest BCUT2D eigenvalue weighted by molar-refractivity contribution is 5.79. The van der Waals surface area contributed by atoms with Crippen LogP contribution >= 0.6 is 0 Å². The molecule has 0 unspecified atom stereocenters. The molecule has 0 aliphatic carbocycles. The number of benzene rings is 1. The molecule has 0 fully saturated rings. The van der Waals surface area contributed by atoms with Crippen LogP contribution in [0.25, 0.3) is 0 Å². The van der Waals surface area contributed by atoms with Crippen molar-refractivity contribution in [1.82, 2.24) is 15.5 Å². The molecule has 6 nitrogen and oxygen atoms in total. The van der Waals surface area contributed by atoms with Gasteiger partial charge in [0.15, 0.2) is 5.96 Å². The van der Waals surface area contributed by atoms with Crippen molar-refractivity contribution in [2.24, 2.45) is 4.99 Å². The Bertz CT molecular complexity index is 448. The molecule has 0 bridgehead atoms. The van der Waals surface area contributed by atoms with Crippen LogP contribution in [0.3, 0.4) is 0 Å². The first-order valence-electron chi connectivity index (χ1n) is 7.97. The largest absolute Gasteiger partial charge is 0.492 e. The number of aryl methyl sites for hydroxylation is 1. The van der Waals surface area contributed by atoms with Crippen molar-refractivity contribution in [3.05, 3.63) is 29.8 Å². The molecule has 1 rings (SSSR count). The van der Waals surface area contributed by atoms with Crippen molar-refractivity contribution in [2.45, 2.75) is 6.92 Å². The van der Waals surface area contributed by atoms with Gasteiger partial charge >= 0.3 is 0 Å². The van der Waals surface area contributed by atoms with Gasteiger partial charge in [0.1, 0.15) is 12.4 Å². The number of methoxy groups -OCH3 is 1. The lowest BCUT2D eigenvalue weighted by atomic mass is 10.2. The maximum atomic E-state index is 5.68. The molecule has 0 aromatic heterocycles. The van der Waals surface area contributed by atoms with Crippen molar-refractivity contribution >= 4 is 5.96 Å². The first kappa shape index (κ1) is 19.3. The molecule has 6 heteroatoms. The predicted molar refractivity (Wildman–Crippen MR) is 95.4 cm³/mol. The highest BCUT2D eigenvalue weighted by atomic mass is 16.5. The Morgan fingerprint density at radius 3 is 2.43 bits per heavy atom. The van der Waals surface area contributed by atoms with Crippen LogP contribution in [0, 0.1) is 6.92 Å². The fourth-order valence-corrected chi connectivity index (χ4v) is 1.92. The summed E-state index contributed by atoms with van der Waals surface area (Å²) in [4.78, 5) is 6.41. The summed E-state index contributed by atoms with van der Waals surface area (Å²) >= 11 is 0. The molecule has 1 aromatic carbocycles. The summed E-state index contributed by atoms with van der Waals surface area (Å²) in [6.07, 6.45) is 0. The molecular formula is C17H30N4O2. The van der Waals surface area contributed by atoms with Gasteiger partial charge in [0.05, 0.1) is 13.2 Å². The van der Waals surface area contributed by atoms with Gasteiger partial charge in [-0.25, -0.2) is 0 Å². The summed E-state index contributed by atoms with van der Waals surface area (Å²) in [6.45, 7) is 6.80. The number of guanidine groups is 1. The van der Waals surface area contributed by atoms with E-state index in [1.165, 1.54) is 5.56 Å². The van der Waals surface area contributed by atoms with Crippen molar-refractivity contribution in [1.29, 1.82) is 0 Å². The van der Waals surface area contributed by atoms with Crippen LogP contribution in [0.1, 0.15) is 5.56 Å². The highest BCUT2D eigenvalue weighted by Crippen LogP contribution is 2.10. The average molecular weight is 322 g/mol. The number of nitrogens with zero attached hydrogens (tertiary/aromatic N) is 2.